The smallest absolute Gasteiger partial charge is 0.263 e. The molecule has 3 aromatic rings. The van der Waals surface area contributed by atoms with Crippen LogP contribution in [-0.4, -0.2) is 34.8 Å². The van der Waals surface area contributed by atoms with Gasteiger partial charge < -0.3 is 10.2 Å². The number of benzene rings is 1. The number of hydrogen-bond donors (Lipinski definition) is 1. The van der Waals surface area contributed by atoms with E-state index in [0.717, 1.165) is 9.35 Å². The van der Waals surface area contributed by atoms with Gasteiger partial charge in [0.15, 0.2) is 0 Å². The maximum absolute atomic E-state index is 14.0. The third kappa shape index (κ3) is 4.60. The molecule has 0 atom stereocenters. The van der Waals surface area contributed by atoms with Gasteiger partial charge in [-0.25, -0.2) is 9.37 Å². The highest BCUT2D eigenvalue weighted by atomic mass is 79.9. The van der Waals surface area contributed by atoms with Gasteiger partial charge in [0, 0.05) is 40.1 Å². The molecule has 1 saturated heterocycles. The zero-order valence-corrected chi connectivity index (χ0v) is 18.4. The first-order valence-electron chi connectivity index (χ1n) is 9.57. The minimum Gasteiger partial charge on any atom is -0.338 e. The summed E-state index contributed by atoms with van der Waals surface area (Å²) in [6.07, 6.45) is 2.83. The van der Waals surface area contributed by atoms with Crippen LogP contribution in [0, 0.1) is 11.7 Å². The van der Waals surface area contributed by atoms with Crippen molar-refractivity contribution in [3.63, 3.8) is 0 Å². The highest BCUT2D eigenvalue weighted by Gasteiger charge is 2.28. The highest BCUT2D eigenvalue weighted by Crippen LogP contribution is 2.31. The largest absolute Gasteiger partial charge is 0.338 e. The third-order valence-corrected chi connectivity index (χ3v) is 6.66. The van der Waals surface area contributed by atoms with E-state index in [-0.39, 0.29) is 23.5 Å². The molecule has 0 spiro atoms. The van der Waals surface area contributed by atoms with Gasteiger partial charge in [-0.3, -0.25) is 9.59 Å². The number of aromatic nitrogens is 1. The van der Waals surface area contributed by atoms with E-state index in [1.807, 2.05) is 6.07 Å². The van der Waals surface area contributed by atoms with E-state index >= 15 is 0 Å². The molecule has 1 aliphatic rings. The molecule has 1 N–H and O–H groups in total. The third-order valence-electron chi connectivity index (χ3n) is 5.09. The van der Waals surface area contributed by atoms with E-state index in [2.05, 4.69) is 26.2 Å². The number of hydrogen-bond acceptors (Lipinski definition) is 4. The fraction of sp³-hybridized carbons (Fsp3) is 0.227. The quantitative estimate of drug-likeness (QED) is 0.549. The van der Waals surface area contributed by atoms with Gasteiger partial charge in [-0.05, 0) is 59.1 Å². The van der Waals surface area contributed by atoms with Crippen LogP contribution in [0.1, 0.15) is 22.5 Å². The molecule has 0 aliphatic carbocycles. The van der Waals surface area contributed by atoms with Gasteiger partial charge in [0.1, 0.15) is 11.6 Å². The van der Waals surface area contributed by atoms with Crippen molar-refractivity contribution in [3.05, 3.63) is 69.9 Å². The monoisotopic (exact) mass is 487 g/mol. The number of piperidine rings is 1. The molecule has 3 heterocycles. The molecule has 2 amide bonds. The predicted octanol–water partition coefficient (Wildman–Crippen LogP) is 5.20. The van der Waals surface area contributed by atoms with Gasteiger partial charge in [-0.1, -0.05) is 18.2 Å². The van der Waals surface area contributed by atoms with Crippen LogP contribution in [-0.2, 0) is 4.79 Å². The lowest BCUT2D eigenvalue weighted by atomic mass is 9.96. The molecule has 1 fully saturated rings. The Morgan fingerprint density at radius 2 is 1.87 bits per heavy atom. The van der Waals surface area contributed by atoms with Crippen LogP contribution in [0.3, 0.4) is 0 Å². The van der Waals surface area contributed by atoms with Gasteiger partial charge in [0.05, 0.1) is 4.88 Å². The maximum atomic E-state index is 14.0. The molecule has 0 radical (unpaired) electrons. The second-order valence-electron chi connectivity index (χ2n) is 7.06. The number of amides is 2. The van der Waals surface area contributed by atoms with Crippen molar-refractivity contribution in [1.29, 1.82) is 0 Å². The van der Waals surface area contributed by atoms with Crippen LogP contribution in [0.25, 0.3) is 10.4 Å². The summed E-state index contributed by atoms with van der Waals surface area (Å²) in [7, 11) is 0. The Morgan fingerprint density at radius 3 is 2.57 bits per heavy atom. The Hall–Kier alpha value is -2.58. The molecular formula is C22H19BrFN3O2S. The molecule has 30 heavy (non-hydrogen) atoms. The summed E-state index contributed by atoms with van der Waals surface area (Å²) >= 11 is 4.60. The van der Waals surface area contributed by atoms with Crippen LogP contribution in [0.2, 0.25) is 0 Å². The van der Waals surface area contributed by atoms with Crippen LogP contribution in [0.5, 0.6) is 0 Å². The van der Waals surface area contributed by atoms with Crippen molar-refractivity contribution in [3.8, 4) is 10.4 Å². The second-order valence-corrected chi connectivity index (χ2v) is 9.06. The number of nitrogens with zero attached hydrogens (tertiary/aromatic N) is 2. The van der Waals surface area contributed by atoms with E-state index in [4.69, 9.17) is 0 Å². The van der Waals surface area contributed by atoms with E-state index < -0.39 is 0 Å². The topological polar surface area (TPSA) is 62.3 Å². The number of nitrogens with one attached hydrogen (secondary N) is 1. The first-order valence-corrected chi connectivity index (χ1v) is 11.2. The Kier molecular flexibility index (Phi) is 6.24. The van der Waals surface area contributed by atoms with Crippen LogP contribution < -0.4 is 5.32 Å². The number of pyridine rings is 1. The lowest BCUT2D eigenvalue weighted by Gasteiger charge is -2.31. The summed E-state index contributed by atoms with van der Waals surface area (Å²) in [5.41, 5.74) is 0.499. The van der Waals surface area contributed by atoms with Crippen molar-refractivity contribution in [2.24, 2.45) is 5.92 Å². The van der Waals surface area contributed by atoms with E-state index in [0.29, 0.717) is 42.2 Å². The van der Waals surface area contributed by atoms with E-state index in [1.54, 1.807) is 47.5 Å². The maximum Gasteiger partial charge on any atom is 0.263 e. The summed E-state index contributed by atoms with van der Waals surface area (Å²) in [5.74, 6) is -0.0888. The molecule has 0 unspecified atom stereocenters. The lowest BCUT2D eigenvalue weighted by Crippen LogP contribution is -2.41. The average Bonchev–Trinajstić information content (AvgIpc) is 3.25. The molecule has 8 heteroatoms. The van der Waals surface area contributed by atoms with Crippen molar-refractivity contribution in [2.45, 2.75) is 12.8 Å². The number of halogens is 2. The summed E-state index contributed by atoms with van der Waals surface area (Å²) in [4.78, 5) is 32.6. The first-order chi connectivity index (χ1) is 14.5. The Labute approximate surface area is 186 Å². The zero-order valence-electron chi connectivity index (χ0n) is 16.0. The molecule has 2 aromatic heterocycles. The van der Waals surface area contributed by atoms with E-state index in [1.165, 1.54) is 17.4 Å². The molecule has 5 nitrogen and oxygen atoms in total. The van der Waals surface area contributed by atoms with Crippen molar-refractivity contribution >= 4 is 44.9 Å². The van der Waals surface area contributed by atoms with Crippen molar-refractivity contribution in [2.75, 3.05) is 18.4 Å². The SMILES string of the molecule is O=C(Nc1ccc(Br)cn1)C1CCN(C(=O)c2ccc(-c3ccccc3F)s2)CC1. The fourth-order valence-electron chi connectivity index (χ4n) is 3.44. The Balaban J connectivity index is 1.35. The molecule has 154 valence electrons. The number of rotatable bonds is 4. The predicted molar refractivity (Wildman–Crippen MR) is 119 cm³/mol. The van der Waals surface area contributed by atoms with Gasteiger partial charge in [-0.15, -0.1) is 11.3 Å². The Bertz CT molecular complexity index is 1060. The molecule has 4 rings (SSSR count). The Morgan fingerprint density at radius 1 is 1.10 bits per heavy atom. The minimum absolute atomic E-state index is 0.0731. The number of carbonyl (C=O) groups is 2. The minimum atomic E-state index is -0.301. The molecular weight excluding hydrogens is 469 g/mol. The molecule has 0 saturated carbocycles. The fourth-order valence-corrected chi connectivity index (χ4v) is 4.67. The number of thiophene rings is 1. The number of anilines is 1. The molecule has 0 bridgehead atoms. The lowest BCUT2D eigenvalue weighted by molar-refractivity contribution is -0.121. The highest BCUT2D eigenvalue weighted by molar-refractivity contribution is 9.10. The second kappa shape index (κ2) is 9.06. The first kappa shape index (κ1) is 20.7. The van der Waals surface area contributed by atoms with Crippen molar-refractivity contribution < 1.29 is 14.0 Å². The van der Waals surface area contributed by atoms with E-state index in [9.17, 15) is 14.0 Å². The van der Waals surface area contributed by atoms with Gasteiger partial charge >= 0.3 is 0 Å². The summed E-state index contributed by atoms with van der Waals surface area (Å²) in [5, 5.41) is 2.83. The molecule has 1 aromatic carbocycles. The number of likely N-dealkylation sites (tertiary alicyclic amines) is 1. The van der Waals surface area contributed by atoms with Crippen LogP contribution >= 0.6 is 27.3 Å². The van der Waals surface area contributed by atoms with Gasteiger partial charge in [0.2, 0.25) is 5.91 Å². The zero-order chi connectivity index (χ0) is 21.1. The van der Waals surface area contributed by atoms with Gasteiger partial charge in [0.25, 0.3) is 5.91 Å². The summed E-state index contributed by atoms with van der Waals surface area (Å²) in [6, 6.07) is 13.6. The van der Waals surface area contributed by atoms with Gasteiger partial charge in [-0.2, -0.15) is 0 Å². The molecule has 1 aliphatic heterocycles. The summed E-state index contributed by atoms with van der Waals surface area (Å²) < 4.78 is 14.8. The van der Waals surface area contributed by atoms with Crippen LogP contribution in [0.15, 0.2) is 59.2 Å². The standard InChI is InChI=1S/C22H19BrFN3O2S/c23-15-5-8-20(25-13-15)26-21(28)14-9-11-27(12-10-14)22(29)19-7-6-18(30-19)16-3-1-2-4-17(16)24/h1-8,13-14H,9-12H2,(H,25,26,28). The summed E-state index contributed by atoms with van der Waals surface area (Å²) in [6.45, 7) is 1.02. The van der Waals surface area contributed by atoms with Crippen LogP contribution in [0.4, 0.5) is 10.2 Å². The van der Waals surface area contributed by atoms with Crippen molar-refractivity contribution in [1.82, 2.24) is 9.88 Å². The number of carbonyl (C=O) groups excluding carboxylic acids is 2. The normalized spacial score (nSPS) is 14.5. The average molecular weight is 488 g/mol.